The average molecular weight is 316 g/mol. The number of aryl methyl sites for hydroxylation is 1. The first-order valence-corrected chi connectivity index (χ1v) is 7.54. The van der Waals surface area contributed by atoms with E-state index in [9.17, 15) is 8.78 Å². The van der Waals surface area contributed by atoms with E-state index >= 15 is 0 Å². The highest BCUT2D eigenvalue weighted by Crippen LogP contribution is 2.26. The maximum Gasteiger partial charge on any atom is 0.153 e. The summed E-state index contributed by atoms with van der Waals surface area (Å²) in [5.74, 6) is -0.109. The molecule has 0 N–H and O–H groups in total. The zero-order valence-electron chi connectivity index (χ0n) is 12.5. The van der Waals surface area contributed by atoms with Crippen LogP contribution in [0.2, 0.25) is 0 Å². The van der Waals surface area contributed by atoms with Crippen LogP contribution in [0.5, 0.6) is 0 Å². The van der Waals surface area contributed by atoms with Gasteiger partial charge in [-0.15, -0.1) is 11.6 Å². The van der Waals surface area contributed by atoms with Gasteiger partial charge in [-0.3, -0.25) is 0 Å². The Morgan fingerprint density at radius 3 is 2.67 bits per heavy atom. The number of aromatic nitrogens is 2. The van der Waals surface area contributed by atoms with E-state index in [-0.39, 0.29) is 11.6 Å². The number of nitrogens with zero attached hydrogens (tertiary/aromatic N) is 3. The lowest BCUT2D eigenvalue weighted by atomic mass is 10.2. The highest BCUT2D eigenvalue weighted by molar-refractivity contribution is 6.17. The van der Waals surface area contributed by atoms with Crippen LogP contribution in [0.4, 0.5) is 8.78 Å². The van der Waals surface area contributed by atoms with Crippen molar-refractivity contribution in [3.8, 4) is 0 Å². The van der Waals surface area contributed by atoms with E-state index < -0.39 is 11.6 Å². The van der Waals surface area contributed by atoms with Gasteiger partial charge in [0.25, 0.3) is 0 Å². The predicted octanol–water partition coefficient (Wildman–Crippen LogP) is 3.61. The average Bonchev–Trinajstić information content (AvgIpc) is 2.75. The topological polar surface area (TPSA) is 21.1 Å². The van der Waals surface area contributed by atoms with Gasteiger partial charge in [0.15, 0.2) is 5.82 Å². The van der Waals surface area contributed by atoms with Crippen LogP contribution in [0.25, 0.3) is 11.0 Å². The monoisotopic (exact) mass is 315 g/mol. The quantitative estimate of drug-likeness (QED) is 0.759. The fraction of sp³-hybridized carbons (Fsp3) is 0.533. The summed E-state index contributed by atoms with van der Waals surface area (Å²) in [6.07, 6.45) is 1.40. The summed E-state index contributed by atoms with van der Waals surface area (Å²) in [5.41, 5.74) is 0.715. The molecule has 1 aromatic carbocycles. The highest BCUT2D eigenvalue weighted by Gasteiger charge is 2.19. The Balaban J connectivity index is 2.49. The molecule has 1 unspecified atom stereocenters. The van der Waals surface area contributed by atoms with Crippen molar-refractivity contribution >= 4 is 22.6 Å². The summed E-state index contributed by atoms with van der Waals surface area (Å²) < 4.78 is 29.3. The fourth-order valence-electron chi connectivity index (χ4n) is 2.50. The van der Waals surface area contributed by atoms with Crippen LogP contribution >= 0.6 is 11.6 Å². The third-order valence-corrected chi connectivity index (χ3v) is 3.73. The first-order chi connectivity index (χ1) is 9.93. The van der Waals surface area contributed by atoms with Crippen molar-refractivity contribution < 1.29 is 8.78 Å². The van der Waals surface area contributed by atoms with Gasteiger partial charge in [-0.05, 0) is 40.1 Å². The van der Waals surface area contributed by atoms with Crippen molar-refractivity contribution in [2.75, 3.05) is 26.5 Å². The SMILES string of the molecule is CC(CCN(C)C)n1c(CCCl)nc2c(F)cc(F)cc21. The summed E-state index contributed by atoms with van der Waals surface area (Å²) in [6.45, 7) is 2.92. The van der Waals surface area contributed by atoms with Crippen LogP contribution in [0.1, 0.15) is 25.2 Å². The summed E-state index contributed by atoms with van der Waals surface area (Å²) in [5, 5.41) is 0. The van der Waals surface area contributed by atoms with Gasteiger partial charge in [0.05, 0.1) is 5.52 Å². The molecule has 0 aliphatic heterocycles. The molecule has 0 aliphatic rings. The molecular weight excluding hydrogens is 296 g/mol. The zero-order valence-corrected chi connectivity index (χ0v) is 13.3. The molecule has 1 aromatic heterocycles. The number of benzene rings is 1. The van der Waals surface area contributed by atoms with Gasteiger partial charge >= 0.3 is 0 Å². The lowest BCUT2D eigenvalue weighted by Crippen LogP contribution is -2.18. The van der Waals surface area contributed by atoms with E-state index in [1.165, 1.54) is 6.07 Å². The van der Waals surface area contributed by atoms with Crippen LogP contribution in [-0.2, 0) is 6.42 Å². The van der Waals surface area contributed by atoms with Crippen LogP contribution in [0.3, 0.4) is 0 Å². The van der Waals surface area contributed by atoms with Gasteiger partial charge < -0.3 is 9.47 Å². The van der Waals surface area contributed by atoms with Crippen LogP contribution in [0.15, 0.2) is 12.1 Å². The lowest BCUT2D eigenvalue weighted by molar-refractivity contribution is 0.357. The number of alkyl halides is 1. The molecule has 0 aliphatic carbocycles. The first kappa shape index (κ1) is 16.2. The molecule has 0 radical (unpaired) electrons. The normalized spacial score (nSPS) is 13.3. The molecule has 6 heteroatoms. The summed E-state index contributed by atoms with van der Waals surface area (Å²) >= 11 is 5.81. The summed E-state index contributed by atoms with van der Waals surface area (Å²) in [6, 6.07) is 2.31. The number of hydrogen-bond acceptors (Lipinski definition) is 2. The molecule has 0 spiro atoms. The Hall–Kier alpha value is -1.20. The Morgan fingerprint density at radius 2 is 2.05 bits per heavy atom. The smallest absolute Gasteiger partial charge is 0.153 e. The van der Waals surface area contributed by atoms with Gasteiger partial charge in [0.1, 0.15) is 17.2 Å². The van der Waals surface area contributed by atoms with Crippen molar-refractivity contribution in [3.63, 3.8) is 0 Å². The molecule has 0 fully saturated rings. The molecule has 21 heavy (non-hydrogen) atoms. The van der Waals surface area contributed by atoms with Gasteiger partial charge in [-0.2, -0.15) is 0 Å². The third kappa shape index (κ3) is 3.52. The number of rotatable bonds is 6. The molecule has 0 saturated heterocycles. The third-order valence-electron chi connectivity index (χ3n) is 3.54. The molecular formula is C15H20ClF2N3. The minimum atomic E-state index is -0.626. The lowest BCUT2D eigenvalue weighted by Gasteiger charge is -2.19. The molecule has 0 bridgehead atoms. The fourth-order valence-corrected chi connectivity index (χ4v) is 2.66. The Kier molecular flexibility index (Phi) is 5.17. The van der Waals surface area contributed by atoms with Crippen LogP contribution in [-0.4, -0.2) is 41.0 Å². The molecule has 116 valence electrons. The Labute approximate surface area is 128 Å². The standard InChI is InChI=1S/C15H20ClF2N3/c1-10(5-7-20(2)3)21-13-9-11(17)8-12(18)15(13)19-14(21)4-6-16/h8-10H,4-7H2,1-3H3. The molecule has 2 rings (SSSR count). The van der Waals surface area contributed by atoms with Crippen LogP contribution < -0.4 is 0 Å². The first-order valence-electron chi connectivity index (χ1n) is 7.00. The van der Waals surface area contributed by atoms with Gasteiger partial charge in [-0.1, -0.05) is 0 Å². The predicted molar refractivity (Wildman–Crippen MR) is 82.0 cm³/mol. The second-order valence-corrected chi connectivity index (χ2v) is 5.91. The molecule has 2 aromatic rings. The summed E-state index contributed by atoms with van der Waals surface area (Å²) in [7, 11) is 4.00. The number of imidazole rings is 1. The van der Waals surface area contributed by atoms with Crippen molar-refractivity contribution in [1.29, 1.82) is 0 Å². The van der Waals surface area contributed by atoms with Crippen molar-refractivity contribution in [3.05, 3.63) is 29.6 Å². The molecule has 1 heterocycles. The largest absolute Gasteiger partial charge is 0.325 e. The van der Waals surface area contributed by atoms with Crippen molar-refractivity contribution in [2.45, 2.75) is 25.8 Å². The van der Waals surface area contributed by atoms with E-state index in [0.717, 1.165) is 19.0 Å². The van der Waals surface area contributed by atoms with Gasteiger partial charge in [-0.25, -0.2) is 13.8 Å². The molecule has 0 saturated carbocycles. The second-order valence-electron chi connectivity index (χ2n) is 5.53. The maximum absolute atomic E-state index is 13.9. The van der Waals surface area contributed by atoms with Crippen molar-refractivity contribution in [1.82, 2.24) is 14.5 Å². The Morgan fingerprint density at radius 1 is 1.33 bits per heavy atom. The Bertz CT molecular complexity index is 625. The highest BCUT2D eigenvalue weighted by atomic mass is 35.5. The minimum Gasteiger partial charge on any atom is -0.325 e. The van der Waals surface area contributed by atoms with E-state index in [0.29, 0.717) is 23.6 Å². The molecule has 1 atom stereocenters. The second kappa shape index (κ2) is 6.71. The van der Waals surface area contributed by atoms with Crippen molar-refractivity contribution in [2.24, 2.45) is 0 Å². The zero-order chi connectivity index (χ0) is 15.6. The van der Waals surface area contributed by atoms with E-state index in [2.05, 4.69) is 9.88 Å². The number of hydrogen-bond donors (Lipinski definition) is 0. The van der Waals surface area contributed by atoms with E-state index in [1.54, 1.807) is 0 Å². The maximum atomic E-state index is 13.9. The van der Waals surface area contributed by atoms with Crippen LogP contribution in [0, 0.1) is 11.6 Å². The van der Waals surface area contributed by atoms with Gasteiger partial charge in [0, 0.05) is 24.4 Å². The number of fused-ring (bicyclic) bond motifs is 1. The van der Waals surface area contributed by atoms with E-state index in [4.69, 9.17) is 11.6 Å². The summed E-state index contributed by atoms with van der Waals surface area (Å²) in [4.78, 5) is 6.40. The van der Waals surface area contributed by atoms with Gasteiger partial charge in [0.2, 0.25) is 0 Å². The minimum absolute atomic E-state index is 0.0943. The molecule has 3 nitrogen and oxygen atoms in total. The molecule has 0 amide bonds. The number of halogens is 3. The van der Waals surface area contributed by atoms with E-state index in [1.807, 2.05) is 25.6 Å².